The molecule has 0 spiro atoms. The van der Waals surface area contributed by atoms with Crippen molar-refractivity contribution in [2.75, 3.05) is 11.5 Å². The number of cyclic esters (lactones) is 1. The monoisotopic (exact) mass is 574 g/mol. The molecule has 0 N–H and O–H groups in total. The van der Waals surface area contributed by atoms with Gasteiger partial charge in [-0.2, -0.15) is 0 Å². The molecule has 1 saturated carbocycles. The van der Waals surface area contributed by atoms with Gasteiger partial charge in [-0.15, -0.1) is 0 Å². The van der Waals surface area contributed by atoms with Gasteiger partial charge in [0.25, 0.3) is 14.9 Å². The number of carbonyl (C=O) groups excluding carboxylic acids is 4. The van der Waals surface area contributed by atoms with E-state index in [0.29, 0.717) is 46.8 Å². The number of imide groups is 1. The van der Waals surface area contributed by atoms with Crippen LogP contribution in [0.4, 0.5) is 5.69 Å². The van der Waals surface area contributed by atoms with Gasteiger partial charge in [-0.25, -0.2) is 9.10 Å². The number of anilines is 1. The fourth-order valence-electron chi connectivity index (χ4n) is 3.69. The van der Waals surface area contributed by atoms with E-state index < -0.39 is 21.0 Å². The number of esters is 1. The molecule has 0 bridgehead atoms. The van der Waals surface area contributed by atoms with E-state index in [-0.39, 0.29) is 17.8 Å². The topological polar surface area (TPSA) is 84.0 Å². The highest BCUT2D eigenvalue weighted by Gasteiger charge is 2.42. The van der Waals surface area contributed by atoms with Crippen molar-refractivity contribution >= 4 is 87.7 Å². The first-order valence-electron chi connectivity index (χ1n) is 10.6. The molecule has 0 aromatic heterocycles. The molecule has 3 aliphatic rings. The zero-order chi connectivity index (χ0) is 25.3. The fraction of sp³-hybridized carbons (Fsp3) is 0.304. The molecule has 35 heavy (non-hydrogen) atoms. The van der Waals surface area contributed by atoms with Crippen LogP contribution in [-0.2, 0) is 14.3 Å². The van der Waals surface area contributed by atoms with Crippen LogP contribution in [-0.4, -0.2) is 43.8 Å². The van der Waals surface area contributed by atoms with Gasteiger partial charge in [0, 0.05) is 35.0 Å². The van der Waals surface area contributed by atoms with Crippen molar-refractivity contribution in [2.24, 2.45) is 5.92 Å². The lowest BCUT2D eigenvalue weighted by atomic mass is 10.1. The summed E-state index contributed by atoms with van der Waals surface area (Å²) in [7, 11) is 0. The van der Waals surface area contributed by atoms with Crippen molar-refractivity contribution in [1.82, 2.24) is 4.31 Å². The zero-order valence-electron chi connectivity index (χ0n) is 18.0. The Balaban J connectivity index is 0.000000168. The first kappa shape index (κ1) is 26.1. The Hall–Kier alpha value is -1.97. The molecule has 1 saturated heterocycles. The summed E-state index contributed by atoms with van der Waals surface area (Å²) in [4.78, 5) is 49.4. The number of amides is 3. The van der Waals surface area contributed by atoms with Gasteiger partial charge in [0.2, 0.25) is 5.91 Å². The molecule has 12 heteroatoms. The minimum atomic E-state index is -1.74. The van der Waals surface area contributed by atoms with Gasteiger partial charge in [0.1, 0.15) is 6.04 Å². The summed E-state index contributed by atoms with van der Waals surface area (Å²) in [5.74, 6) is -1.19. The van der Waals surface area contributed by atoms with E-state index >= 15 is 0 Å². The van der Waals surface area contributed by atoms with E-state index in [1.54, 1.807) is 53.4 Å². The molecule has 5 rings (SSSR count). The standard InChI is InChI=1S/C14H14ClNO3.C9H4Cl3NO2S/c15-10-2-1-3-11(8-10)16(13(17)9-4-5-9)12-6-7-19-14(12)18;10-9(11,12)16-13-7(14)5-3-1-2-4-6(5)8(13)15/h1-3,8-9,12H,4-7H2;1-4H. The summed E-state index contributed by atoms with van der Waals surface area (Å²) >= 11 is 23.1. The molecular weight excluding hydrogens is 558 g/mol. The Labute approximate surface area is 225 Å². The summed E-state index contributed by atoms with van der Waals surface area (Å²) in [6.07, 6.45) is 2.35. The van der Waals surface area contributed by atoms with Crippen LogP contribution in [0.25, 0.3) is 0 Å². The number of halogens is 4. The molecule has 1 aliphatic carbocycles. The van der Waals surface area contributed by atoms with E-state index in [1.165, 1.54) is 0 Å². The normalized spacial score (nSPS) is 19.1. The van der Waals surface area contributed by atoms with Crippen LogP contribution in [0.1, 0.15) is 40.0 Å². The van der Waals surface area contributed by atoms with Gasteiger partial charge >= 0.3 is 5.97 Å². The number of nitrogens with zero attached hydrogens (tertiary/aromatic N) is 2. The predicted octanol–water partition coefficient (Wildman–Crippen LogP) is 5.66. The Morgan fingerprint density at radius 1 is 0.971 bits per heavy atom. The van der Waals surface area contributed by atoms with Crippen molar-refractivity contribution in [1.29, 1.82) is 0 Å². The lowest BCUT2D eigenvalue weighted by molar-refractivity contribution is -0.140. The second kappa shape index (κ2) is 10.6. The highest BCUT2D eigenvalue weighted by Crippen LogP contribution is 2.44. The molecule has 2 aromatic rings. The maximum absolute atomic E-state index is 12.4. The first-order chi connectivity index (χ1) is 16.6. The Morgan fingerprint density at radius 3 is 2.09 bits per heavy atom. The predicted molar refractivity (Wildman–Crippen MR) is 136 cm³/mol. The Kier molecular flexibility index (Phi) is 7.88. The summed E-state index contributed by atoms with van der Waals surface area (Å²) in [5, 5.41) is 0.553. The maximum Gasteiger partial charge on any atom is 0.329 e. The summed E-state index contributed by atoms with van der Waals surface area (Å²) in [6, 6.07) is 13.0. The van der Waals surface area contributed by atoms with Crippen LogP contribution in [0, 0.1) is 5.92 Å². The minimum Gasteiger partial charge on any atom is -0.464 e. The summed E-state index contributed by atoms with van der Waals surface area (Å²) < 4.78 is 4.10. The number of ether oxygens (including phenoxy) is 1. The average Bonchev–Trinajstić information content (AvgIpc) is 3.54. The molecule has 2 heterocycles. The summed E-state index contributed by atoms with van der Waals surface area (Å²) in [5.41, 5.74) is 1.33. The van der Waals surface area contributed by atoms with Gasteiger partial charge in [-0.1, -0.05) is 64.6 Å². The SMILES string of the molecule is O=C1OCCC1N(C(=O)C1CC1)c1cccc(Cl)c1.O=C1c2ccccc2C(=O)N1SC(Cl)(Cl)Cl. The number of alkyl halides is 3. The van der Waals surface area contributed by atoms with Crippen LogP contribution >= 0.6 is 58.4 Å². The smallest absolute Gasteiger partial charge is 0.329 e. The van der Waals surface area contributed by atoms with Gasteiger partial charge in [0.15, 0.2) is 0 Å². The van der Waals surface area contributed by atoms with E-state index in [1.807, 2.05) is 0 Å². The molecule has 2 aliphatic heterocycles. The Morgan fingerprint density at radius 2 is 1.60 bits per heavy atom. The highest BCUT2D eigenvalue weighted by molar-refractivity contribution is 8.03. The quantitative estimate of drug-likeness (QED) is 0.202. The minimum absolute atomic E-state index is 0.00566. The molecule has 2 fully saturated rings. The fourth-order valence-corrected chi connectivity index (χ4v) is 5.06. The number of fused-ring (bicyclic) bond motifs is 1. The van der Waals surface area contributed by atoms with Gasteiger partial charge < -0.3 is 4.74 Å². The number of hydrogen-bond acceptors (Lipinski definition) is 6. The second-order valence-electron chi connectivity index (χ2n) is 7.92. The molecule has 2 aromatic carbocycles. The van der Waals surface area contributed by atoms with E-state index in [4.69, 9.17) is 51.1 Å². The van der Waals surface area contributed by atoms with Crippen LogP contribution in [0.3, 0.4) is 0 Å². The third-order valence-corrected chi connectivity index (χ3v) is 7.00. The third kappa shape index (κ3) is 6.06. The molecule has 1 atom stereocenters. The van der Waals surface area contributed by atoms with Crippen molar-refractivity contribution in [3.05, 3.63) is 64.7 Å². The average molecular weight is 576 g/mol. The molecule has 184 valence electrons. The van der Waals surface area contributed by atoms with Crippen LogP contribution < -0.4 is 4.90 Å². The number of benzene rings is 2. The molecule has 7 nitrogen and oxygen atoms in total. The molecule has 1 unspecified atom stereocenters. The number of rotatable bonds is 4. The van der Waals surface area contributed by atoms with Crippen molar-refractivity contribution < 1.29 is 23.9 Å². The van der Waals surface area contributed by atoms with Gasteiger partial charge in [-0.3, -0.25) is 19.3 Å². The Bertz CT molecular complexity index is 1150. The lowest BCUT2D eigenvalue weighted by Crippen LogP contribution is -2.44. The zero-order valence-corrected chi connectivity index (χ0v) is 21.8. The lowest BCUT2D eigenvalue weighted by Gasteiger charge is -2.26. The first-order valence-corrected chi connectivity index (χ1v) is 12.8. The number of hydrogen-bond donors (Lipinski definition) is 0. The molecular formula is C23H18Cl4N2O5S. The van der Waals surface area contributed by atoms with Crippen LogP contribution in [0.15, 0.2) is 48.5 Å². The van der Waals surface area contributed by atoms with E-state index in [2.05, 4.69) is 0 Å². The van der Waals surface area contributed by atoms with E-state index in [0.717, 1.165) is 17.1 Å². The molecule has 3 amide bonds. The van der Waals surface area contributed by atoms with Gasteiger partial charge in [0.05, 0.1) is 17.7 Å². The largest absolute Gasteiger partial charge is 0.464 e. The number of carbonyl (C=O) groups is 4. The maximum atomic E-state index is 12.4. The molecule has 0 radical (unpaired) electrons. The second-order valence-corrected chi connectivity index (χ2v) is 12.5. The summed E-state index contributed by atoms with van der Waals surface area (Å²) in [6.45, 7) is 0.374. The van der Waals surface area contributed by atoms with Gasteiger partial charge in [-0.05, 0) is 43.2 Å². The highest BCUT2D eigenvalue weighted by atomic mass is 35.6. The van der Waals surface area contributed by atoms with Crippen LogP contribution in [0.2, 0.25) is 5.02 Å². The van der Waals surface area contributed by atoms with Crippen molar-refractivity contribution in [3.63, 3.8) is 0 Å². The van der Waals surface area contributed by atoms with Crippen LogP contribution in [0.5, 0.6) is 0 Å². The van der Waals surface area contributed by atoms with Crippen molar-refractivity contribution in [2.45, 2.75) is 28.4 Å². The third-order valence-electron chi connectivity index (χ3n) is 5.42. The van der Waals surface area contributed by atoms with Crippen molar-refractivity contribution in [3.8, 4) is 0 Å². The van der Waals surface area contributed by atoms with E-state index in [9.17, 15) is 19.2 Å².